The number of hydrogen-bond acceptors (Lipinski definition) is 3. The molecule has 0 fully saturated rings. The molecule has 2 N–H and O–H groups in total. The molecule has 0 aliphatic rings. The maximum absolute atomic E-state index is 12.0. The van der Waals surface area contributed by atoms with Gasteiger partial charge in [-0.3, -0.25) is 4.79 Å². The molecule has 1 aromatic rings. The number of aromatic amines is 1. The summed E-state index contributed by atoms with van der Waals surface area (Å²) in [5.41, 5.74) is 4.98. The average Bonchev–Trinajstić information content (AvgIpc) is 2.67. The van der Waals surface area contributed by atoms with Gasteiger partial charge in [-0.05, 0) is 45.6 Å². The van der Waals surface area contributed by atoms with Gasteiger partial charge in [-0.15, -0.1) is 0 Å². The molecule has 4 nitrogen and oxygen atoms in total. The predicted octanol–water partition coefficient (Wildman–Crippen LogP) is 5.67. The predicted molar refractivity (Wildman–Crippen MR) is 127 cm³/mol. The van der Waals surface area contributed by atoms with Crippen LogP contribution in [-0.2, 0) is 6.42 Å². The number of rotatable bonds is 10. The van der Waals surface area contributed by atoms with Gasteiger partial charge in [-0.2, -0.15) is 0 Å². The van der Waals surface area contributed by atoms with Gasteiger partial charge in [0.05, 0.1) is 13.2 Å². The van der Waals surface area contributed by atoms with Crippen molar-refractivity contribution in [1.29, 1.82) is 0 Å². The molecular formula is C26H39NO3. The summed E-state index contributed by atoms with van der Waals surface area (Å²) in [5, 5.41) is 10.5. The number of aromatic nitrogens is 1. The Bertz CT molecular complexity index is 869. The molecule has 0 aromatic carbocycles. The van der Waals surface area contributed by atoms with E-state index in [4.69, 9.17) is 4.74 Å². The van der Waals surface area contributed by atoms with E-state index in [-0.39, 0.29) is 11.3 Å². The zero-order valence-electron chi connectivity index (χ0n) is 19.9. The second-order valence-electron chi connectivity index (χ2n) is 8.54. The number of allylic oxidation sites excluding steroid dienone is 6. The lowest BCUT2D eigenvalue weighted by molar-refractivity contribution is 0.172. The lowest BCUT2D eigenvalue weighted by Gasteiger charge is -2.18. The number of aliphatic hydroxyl groups is 1. The molecule has 0 amide bonds. The van der Waals surface area contributed by atoms with Crippen molar-refractivity contribution in [1.82, 2.24) is 4.98 Å². The molecule has 1 heterocycles. The van der Waals surface area contributed by atoms with Crippen molar-refractivity contribution in [2.45, 2.75) is 67.4 Å². The van der Waals surface area contributed by atoms with E-state index in [2.05, 4.69) is 63.1 Å². The second kappa shape index (κ2) is 12.4. The Labute approximate surface area is 182 Å². The Morgan fingerprint density at radius 2 is 1.87 bits per heavy atom. The molecular weight excluding hydrogens is 374 g/mol. The summed E-state index contributed by atoms with van der Waals surface area (Å²) in [5.74, 6) is 0.987. The fourth-order valence-corrected chi connectivity index (χ4v) is 3.36. The van der Waals surface area contributed by atoms with Crippen molar-refractivity contribution in [3.05, 3.63) is 74.6 Å². The lowest BCUT2D eigenvalue weighted by Crippen LogP contribution is -2.17. The third-order valence-electron chi connectivity index (χ3n) is 5.14. The Kier molecular flexibility index (Phi) is 10.6. The van der Waals surface area contributed by atoms with E-state index in [0.29, 0.717) is 18.2 Å². The number of H-pyrrole nitrogens is 1. The molecule has 0 aliphatic heterocycles. The smallest absolute Gasteiger partial charge is 0.194 e. The van der Waals surface area contributed by atoms with Gasteiger partial charge in [-0.1, -0.05) is 62.3 Å². The molecule has 0 aliphatic carbocycles. The van der Waals surface area contributed by atoms with E-state index in [1.807, 2.05) is 20.8 Å². The first kappa shape index (κ1) is 25.7. The van der Waals surface area contributed by atoms with Crippen LogP contribution in [0, 0.1) is 18.8 Å². The van der Waals surface area contributed by atoms with E-state index < -0.39 is 6.10 Å². The topological polar surface area (TPSA) is 62.3 Å². The molecule has 1 rings (SSSR count). The van der Waals surface area contributed by atoms with E-state index >= 15 is 0 Å². The van der Waals surface area contributed by atoms with E-state index in [9.17, 15) is 9.90 Å². The highest BCUT2D eigenvalue weighted by Gasteiger charge is 2.13. The minimum Gasteiger partial charge on any atom is -0.482 e. The minimum absolute atomic E-state index is 0.0119. The highest BCUT2D eigenvalue weighted by Crippen LogP contribution is 2.18. The Hall–Kier alpha value is -2.33. The van der Waals surface area contributed by atoms with E-state index in [1.165, 1.54) is 11.6 Å². The maximum atomic E-state index is 12.0. The summed E-state index contributed by atoms with van der Waals surface area (Å²) in [6.45, 7) is 14.3. The van der Waals surface area contributed by atoms with Gasteiger partial charge in [0.2, 0.25) is 0 Å². The van der Waals surface area contributed by atoms with Crippen molar-refractivity contribution in [3.8, 4) is 5.88 Å². The van der Waals surface area contributed by atoms with Crippen LogP contribution in [0.15, 0.2) is 58.0 Å². The van der Waals surface area contributed by atoms with Crippen LogP contribution in [-0.4, -0.2) is 23.3 Å². The summed E-state index contributed by atoms with van der Waals surface area (Å²) in [6.07, 6.45) is 11.6. The van der Waals surface area contributed by atoms with Crippen molar-refractivity contribution in [3.63, 3.8) is 0 Å². The van der Waals surface area contributed by atoms with Crippen LogP contribution in [0.1, 0.15) is 59.2 Å². The van der Waals surface area contributed by atoms with Gasteiger partial charge in [-0.25, -0.2) is 0 Å². The molecule has 166 valence electrons. The summed E-state index contributed by atoms with van der Waals surface area (Å²) in [6, 6.07) is 1.48. The zero-order chi connectivity index (χ0) is 22.8. The molecule has 0 spiro atoms. The number of pyridine rings is 1. The summed E-state index contributed by atoms with van der Waals surface area (Å²) >= 11 is 0. The molecule has 2 atom stereocenters. The molecule has 1 aromatic heterocycles. The first-order valence-corrected chi connectivity index (χ1v) is 10.7. The van der Waals surface area contributed by atoms with Crippen LogP contribution in [0.3, 0.4) is 0 Å². The van der Waals surface area contributed by atoms with Gasteiger partial charge in [0.1, 0.15) is 0 Å². The normalized spacial score (nSPS) is 15.7. The van der Waals surface area contributed by atoms with E-state index in [0.717, 1.165) is 28.8 Å². The molecule has 0 radical (unpaired) electrons. The first-order chi connectivity index (χ1) is 14.0. The quantitative estimate of drug-likeness (QED) is 0.383. The summed E-state index contributed by atoms with van der Waals surface area (Å²) < 4.78 is 5.16. The van der Waals surface area contributed by atoms with Gasteiger partial charge in [0, 0.05) is 29.7 Å². The van der Waals surface area contributed by atoms with Gasteiger partial charge >= 0.3 is 0 Å². The average molecular weight is 414 g/mol. The number of hydrogen-bond donors (Lipinski definition) is 2. The summed E-state index contributed by atoms with van der Waals surface area (Å²) in [7, 11) is 1.55. The van der Waals surface area contributed by atoms with Crippen molar-refractivity contribution >= 4 is 0 Å². The second-order valence-corrected chi connectivity index (χ2v) is 8.54. The first-order valence-electron chi connectivity index (χ1n) is 10.7. The molecule has 0 bridgehead atoms. The third kappa shape index (κ3) is 8.58. The Morgan fingerprint density at radius 1 is 1.20 bits per heavy atom. The van der Waals surface area contributed by atoms with Crippen LogP contribution in [0.25, 0.3) is 0 Å². The zero-order valence-corrected chi connectivity index (χ0v) is 19.9. The van der Waals surface area contributed by atoms with Gasteiger partial charge in [0.15, 0.2) is 11.3 Å². The van der Waals surface area contributed by atoms with Crippen molar-refractivity contribution in [2.75, 3.05) is 7.11 Å². The fourth-order valence-electron chi connectivity index (χ4n) is 3.36. The van der Waals surface area contributed by atoms with Crippen molar-refractivity contribution in [2.24, 2.45) is 11.8 Å². The maximum Gasteiger partial charge on any atom is 0.194 e. The van der Waals surface area contributed by atoms with Crippen LogP contribution < -0.4 is 10.2 Å². The van der Waals surface area contributed by atoms with Crippen LogP contribution in [0.5, 0.6) is 5.88 Å². The number of ether oxygens (including phenoxy) is 1. The molecule has 0 saturated heterocycles. The van der Waals surface area contributed by atoms with Crippen LogP contribution >= 0.6 is 0 Å². The molecule has 30 heavy (non-hydrogen) atoms. The standard InChI is InChI=1S/C26H39NO3/c1-17(2)14-20(5)26(29)21(6)15-19(4)11-9-10-18(3)12-13-23-22(7)24(28)16-25(27-23)30-8/h9,11-12,14-17,21,26,29H,10,13H2,1-8H3,(H,27,28)/t21-,26-/m0/s1. The molecule has 4 heteroatoms. The van der Waals surface area contributed by atoms with E-state index in [1.54, 1.807) is 7.11 Å². The van der Waals surface area contributed by atoms with Gasteiger partial charge in [0.25, 0.3) is 0 Å². The molecule has 0 unspecified atom stereocenters. The van der Waals surface area contributed by atoms with Crippen LogP contribution in [0.4, 0.5) is 0 Å². The minimum atomic E-state index is -0.453. The fraction of sp³-hybridized carbons (Fsp3) is 0.500. The molecule has 0 saturated carbocycles. The number of methoxy groups -OCH3 is 1. The Balaban J connectivity index is 2.71. The highest BCUT2D eigenvalue weighted by molar-refractivity contribution is 5.27. The lowest BCUT2D eigenvalue weighted by atomic mass is 9.94. The summed E-state index contributed by atoms with van der Waals surface area (Å²) in [4.78, 5) is 15.1. The Morgan fingerprint density at radius 3 is 2.47 bits per heavy atom. The number of aliphatic hydroxyl groups excluding tert-OH is 1. The largest absolute Gasteiger partial charge is 0.482 e. The third-order valence-corrected chi connectivity index (χ3v) is 5.14. The van der Waals surface area contributed by atoms with Crippen LogP contribution in [0.2, 0.25) is 0 Å². The number of nitrogens with one attached hydrogen (secondary N) is 1. The van der Waals surface area contributed by atoms with Crippen molar-refractivity contribution < 1.29 is 9.84 Å². The highest BCUT2D eigenvalue weighted by atomic mass is 16.5. The monoisotopic (exact) mass is 413 g/mol. The van der Waals surface area contributed by atoms with Gasteiger partial charge < -0.3 is 14.8 Å². The SMILES string of the molecule is COc1cc(=O)c(C)c(CC=C(C)CC=CC(C)=C[C@H](C)[C@@H](O)C(C)=CC(C)C)[nH]1.